The topological polar surface area (TPSA) is 105 Å². The first kappa shape index (κ1) is 23.1. The number of hydrogen-bond donors (Lipinski definition) is 1. The van der Waals surface area contributed by atoms with Gasteiger partial charge in [0.1, 0.15) is 10.6 Å². The van der Waals surface area contributed by atoms with Crippen molar-refractivity contribution in [1.29, 1.82) is 0 Å². The predicted molar refractivity (Wildman–Crippen MR) is 108 cm³/mol. The van der Waals surface area contributed by atoms with Crippen molar-refractivity contribution in [3.05, 3.63) is 18.2 Å². The van der Waals surface area contributed by atoms with Crippen LogP contribution in [-0.4, -0.2) is 76.9 Å². The molecule has 0 radical (unpaired) electrons. The van der Waals surface area contributed by atoms with Gasteiger partial charge in [-0.15, -0.1) is 0 Å². The van der Waals surface area contributed by atoms with E-state index in [4.69, 9.17) is 9.47 Å². The average molecular weight is 428 g/mol. The van der Waals surface area contributed by atoms with E-state index in [2.05, 4.69) is 5.32 Å². The van der Waals surface area contributed by atoms with E-state index in [9.17, 15) is 18.0 Å². The second kappa shape index (κ2) is 10.0. The molecule has 1 heterocycles. The fourth-order valence-corrected chi connectivity index (χ4v) is 4.28. The molecule has 0 aromatic heterocycles. The van der Waals surface area contributed by atoms with Gasteiger partial charge >= 0.3 is 5.97 Å². The van der Waals surface area contributed by atoms with Gasteiger partial charge in [0.05, 0.1) is 26.2 Å². The smallest absolute Gasteiger partial charge is 0.310 e. The number of methoxy groups -OCH3 is 1. The number of nitrogens with one attached hydrogen (secondary N) is 1. The highest BCUT2D eigenvalue weighted by molar-refractivity contribution is 7.89. The number of likely N-dealkylation sites (tertiary alicyclic amines) is 1. The summed E-state index contributed by atoms with van der Waals surface area (Å²) in [7, 11) is 0.509. The van der Waals surface area contributed by atoms with Crippen LogP contribution in [0.3, 0.4) is 0 Å². The molecule has 0 saturated carbocycles. The normalized spacial score (nSPS) is 17.8. The number of carbonyl (C=O) groups excluding carboxylic acids is 2. The number of piperidine rings is 1. The van der Waals surface area contributed by atoms with Crippen LogP contribution >= 0.6 is 0 Å². The SMILES string of the molecule is CCOC(=O)[C@@H]1CCCN(CC(=O)Nc2ccc(OC)c(S(=O)(=O)N(C)C)c2)C1. The molecule has 1 atom stereocenters. The molecular weight excluding hydrogens is 398 g/mol. The van der Waals surface area contributed by atoms with Gasteiger partial charge < -0.3 is 14.8 Å². The fraction of sp³-hybridized carbons (Fsp3) is 0.579. The number of rotatable bonds is 8. The average Bonchev–Trinajstić information content (AvgIpc) is 2.68. The summed E-state index contributed by atoms with van der Waals surface area (Å²) in [6, 6.07) is 4.47. The fourth-order valence-electron chi connectivity index (χ4n) is 3.21. The van der Waals surface area contributed by atoms with Crippen molar-refractivity contribution in [2.45, 2.75) is 24.7 Å². The molecule has 1 aromatic rings. The maximum absolute atomic E-state index is 12.5. The van der Waals surface area contributed by atoms with Crippen molar-refractivity contribution in [3.8, 4) is 5.75 Å². The minimum atomic E-state index is -3.73. The van der Waals surface area contributed by atoms with E-state index >= 15 is 0 Å². The molecule has 1 amide bonds. The summed E-state index contributed by atoms with van der Waals surface area (Å²) in [5.74, 6) is -0.543. The zero-order valence-corrected chi connectivity index (χ0v) is 18.1. The van der Waals surface area contributed by atoms with Gasteiger partial charge in [-0.1, -0.05) is 0 Å². The quantitative estimate of drug-likeness (QED) is 0.621. The lowest BCUT2D eigenvalue weighted by Gasteiger charge is -2.30. The molecule has 0 bridgehead atoms. The Morgan fingerprint density at radius 1 is 1.31 bits per heavy atom. The monoisotopic (exact) mass is 427 g/mol. The minimum absolute atomic E-state index is 0.0249. The molecule has 10 heteroatoms. The van der Waals surface area contributed by atoms with E-state index in [1.54, 1.807) is 13.0 Å². The van der Waals surface area contributed by atoms with Gasteiger partial charge in [-0.25, -0.2) is 12.7 Å². The molecule has 162 valence electrons. The largest absolute Gasteiger partial charge is 0.495 e. The van der Waals surface area contributed by atoms with Crippen LogP contribution in [0.5, 0.6) is 5.75 Å². The Bertz CT molecular complexity index is 840. The molecule has 1 aromatic carbocycles. The number of sulfonamides is 1. The van der Waals surface area contributed by atoms with Gasteiger partial charge in [0.15, 0.2) is 0 Å². The molecular formula is C19H29N3O6S. The number of ether oxygens (including phenoxy) is 2. The van der Waals surface area contributed by atoms with Crippen LogP contribution in [0, 0.1) is 5.92 Å². The maximum atomic E-state index is 12.5. The van der Waals surface area contributed by atoms with E-state index < -0.39 is 10.0 Å². The van der Waals surface area contributed by atoms with Gasteiger partial charge in [0, 0.05) is 26.3 Å². The Labute approximate surface area is 172 Å². The standard InChI is InChI=1S/C19H29N3O6S/c1-5-28-19(24)14-7-6-10-22(12-14)13-18(23)20-15-8-9-16(27-4)17(11-15)29(25,26)21(2)3/h8-9,11,14H,5-7,10,12-13H2,1-4H3,(H,20,23)/t14-/m1/s1. The summed E-state index contributed by atoms with van der Waals surface area (Å²) < 4.78 is 36.3. The Morgan fingerprint density at radius 3 is 2.66 bits per heavy atom. The molecule has 2 rings (SSSR count). The molecule has 1 aliphatic rings. The van der Waals surface area contributed by atoms with Crippen LogP contribution in [0.25, 0.3) is 0 Å². The van der Waals surface area contributed by atoms with E-state index in [-0.39, 0.29) is 35.0 Å². The summed E-state index contributed by atoms with van der Waals surface area (Å²) >= 11 is 0. The van der Waals surface area contributed by atoms with Crippen molar-refractivity contribution in [1.82, 2.24) is 9.21 Å². The van der Waals surface area contributed by atoms with E-state index in [1.807, 2.05) is 4.90 Å². The van der Waals surface area contributed by atoms with Crippen LogP contribution in [-0.2, 0) is 24.3 Å². The number of esters is 1. The van der Waals surface area contributed by atoms with Gasteiger partial charge in [-0.2, -0.15) is 0 Å². The lowest BCUT2D eigenvalue weighted by molar-refractivity contribution is -0.150. The third kappa shape index (κ3) is 5.91. The first-order chi connectivity index (χ1) is 13.7. The van der Waals surface area contributed by atoms with Crippen molar-refractivity contribution >= 4 is 27.6 Å². The highest BCUT2D eigenvalue weighted by Crippen LogP contribution is 2.29. The van der Waals surface area contributed by atoms with Crippen LogP contribution in [0.2, 0.25) is 0 Å². The molecule has 1 N–H and O–H groups in total. The molecule has 29 heavy (non-hydrogen) atoms. The zero-order valence-electron chi connectivity index (χ0n) is 17.3. The first-order valence-electron chi connectivity index (χ1n) is 9.48. The first-order valence-corrected chi connectivity index (χ1v) is 10.9. The highest BCUT2D eigenvalue weighted by Gasteiger charge is 2.28. The molecule has 0 aliphatic carbocycles. The van der Waals surface area contributed by atoms with E-state index in [0.29, 0.717) is 25.4 Å². The zero-order chi connectivity index (χ0) is 21.6. The Morgan fingerprint density at radius 2 is 2.03 bits per heavy atom. The third-order valence-electron chi connectivity index (χ3n) is 4.70. The number of benzene rings is 1. The van der Waals surface area contributed by atoms with Gasteiger partial charge in [-0.3, -0.25) is 14.5 Å². The Kier molecular flexibility index (Phi) is 8.00. The van der Waals surface area contributed by atoms with Crippen molar-refractivity contribution in [2.24, 2.45) is 5.92 Å². The number of hydrogen-bond acceptors (Lipinski definition) is 7. The summed E-state index contributed by atoms with van der Waals surface area (Å²) in [6.45, 7) is 3.40. The molecule has 1 saturated heterocycles. The number of anilines is 1. The second-order valence-corrected chi connectivity index (χ2v) is 9.15. The number of amides is 1. The van der Waals surface area contributed by atoms with Crippen LogP contribution in [0.15, 0.2) is 23.1 Å². The second-order valence-electron chi connectivity index (χ2n) is 7.03. The van der Waals surface area contributed by atoms with Crippen molar-refractivity contribution < 1.29 is 27.5 Å². The third-order valence-corrected chi connectivity index (χ3v) is 6.53. The van der Waals surface area contributed by atoms with Crippen LogP contribution in [0.4, 0.5) is 5.69 Å². The van der Waals surface area contributed by atoms with Crippen LogP contribution in [0.1, 0.15) is 19.8 Å². The maximum Gasteiger partial charge on any atom is 0.310 e. The summed E-state index contributed by atoms with van der Waals surface area (Å²) in [4.78, 5) is 26.3. The van der Waals surface area contributed by atoms with Gasteiger partial charge in [0.25, 0.3) is 0 Å². The summed E-state index contributed by atoms with van der Waals surface area (Å²) in [5.41, 5.74) is 0.357. The summed E-state index contributed by atoms with van der Waals surface area (Å²) in [6.07, 6.45) is 1.56. The lowest BCUT2D eigenvalue weighted by atomic mass is 9.98. The number of nitrogens with zero attached hydrogens (tertiary/aromatic N) is 2. The Balaban J connectivity index is 2.06. The number of carbonyl (C=O) groups is 2. The molecule has 0 spiro atoms. The van der Waals surface area contributed by atoms with E-state index in [0.717, 1.165) is 17.1 Å². The van der Waals surface area contributed by atoms with Crippen LogP contribution < -0.4 is 10.1 Å². The van der Waals surface area contributed by atoms with Crippen molar-refractivity contribution in [2.75, 3.05) is 52.8 Å². The highest BCUT2D eigenvalue weighted by atomic mass is 32.2. The van der Waals surface area contributed by atoms with Gasteiger partial charge in [0.2, 0.25) is 15.9 Å². The summed E-state index contributed by atoms with van der Waals surface area (Å²) in [5, 5.41) is 2.73. The van der Waals surface area contributed by atoms with Crippen molar-refractivity contribution in [3.63, 3.8) is 0 Å². The predicted octanol–water partition coefficient (Wildman–Crippen LogP) is 1.16. The van der Waals surface area contributed by atoms with Gasteiger partial charge in [-0.05, 0) is 44.5 Å². The molecule has 1 aliphatic heterocycles. The van der Waals surface area contributed by atoms with E-state index in [1.165, 1.54) is 33.3 Å². The molecule has 1 fully saturated rings. The lowest BCUT2D eigenvalue weighted by Crippen LogP contribution is -2.43. The molecule has 0 unspecified atom stereocenters. The molecule has 9 nitrogen and oxygen atoms in total. The Hall–Kier alpha value is -2.17. The minimum Gasteiger partial charge on any atom is -0.495 e.